The Morgan fingerprint density at radius 2 is 1.59 bits per heavy atom. The number of carbonyl (C=O) groups excluding carboxylic acids is 1. The molecule has 1 atom stereocenters. The van der Waals surface area contributed by atoms with Gasteiger partial charge >= 0.3 is 6.18 Å². The van der Waals surface area contributed by atoms with E-state index >= 15 is 0 Å². The Morgan fingerprint density at radius 1 is 0.973 bits per heavy atom. The molecule has 0 spiro atoms. The molecule has 0 fully saturated rings. The Labute approximate surface area is 213 Å². The monoisotopic (exact) mass is 519 g/mol. The van der Waals surface area contributed by atoms with E-state index in [0.717, 1.165) is 29.0 Å². The summed E-state index contributed by atoms with van der Waals surface area (Å²) in [6.07, 6.45) is -2.91. The standard InChI is InChI=1S/C28H20F3N3O2S/c1-17-23(25(35)33-21-10-6-3-7-11-21)24(19-8-4-2-5-9-19)34-26(36)22(37-27(34)32-17)16-18-12-14-20(15-13-18)28(29,30)31/h2-16,24H,1H3,(H,33,35). The molecule has 9 heteroatoms. The van der Waals surface area contributed by atoms with E-state index in [4.69, 9.17) is 0 Å². The molecule has 1 aliphatic heterocycles. The average Bonchev–Trinajstić information content (AvgIpc) is 3.18. The summed E-state index contributed by atoms with van der Waals surface area (Å²) in [6.45, 7) is 1.72. The van der Waals surface area contributed by atoms with Gasteiger partial charge in [-0.25, -0.2) is 4.99 Å². The number of nitrogens with zero attached hydrogens (tertiary/aromatic N) is 2. The van der Waals surface area contributed by atoms with Gasteiger partial charge in [0.1, 0.15) is 0 Å². The summed E-state index contributed by atoms with van der Waals surface area (Å²) in [6, 6.07) is 22.0. The molecule has 37 heavy (non-hydrogen) atoms. The molecule has 4 aromatic rings. The lowest BCUT2D eigenvalue weighted by Crippen LogP contribution is -2.40. The summed E-state index contributed by atoms with van der Waals surface area (Å²) in [4.78, 5) is 32.0. The number of amides is 1. The Kier molecular flexibility index (Phi) is 6.39. The summed E-state index contributed by atoms with van der Waals surface area (Å²) in [5.41, 5.74) is 1.46. The van der Waals surface area contributed by atoms with Crippen molar-refractivity contribution >= 4 is 29.0 Å². The summed E-state index contributed by atoms with van der Waals surface area (Å²) in [5, 5.41) is 2.89. The summed E-state index contributed by atoms with van der Waals surface area (Å²) < 4.78 is 40.6. The Morgan fingerprint density at radius 3 is 2.22 bits per heavy atom. The van der Waals surface area contributed by atoms with E-state index < -0.39 is 17.8 Å². The highest BCUT2D eigenvalue weighted by Crippen LogP contribution is 2.31. The number of aromatic nitrogens is 1. The fraction of sp³-hybridized carbons (Fsp3) is 0.107. The molecule has 2 heterocycles. The van der Waals surface area contributed by atoms with Gasteiger partial charge in [0.15, 0.2) is 4.80 Å². The molecule has 0 saturated heterocycles. The van der Waals surface area contributed by atoms with Gasteiger partial charge in [0.05, 0.1) is 27.4 Å². The van der Waals surface area contributed by atoms with E-state index in [1.54, 1.807) is 19.1 Å². The number of carbonyl (C=O) groups is 1. The van der Waals surface area contributed by atoms with Gasteiger partial charge in [-0.05, 0) is 48.4 Å². The number of rotatable bonds is 4. The van der Waals surface area contributed by atoms with Crippen molar-refractivity contribution in [1.29, 1.82) is 0 Å². The fourth-order valence-corrected chi connectivity index (χ4v) is 5.25. The highest BCUT2D eigenvalue weighted by Gasteiger charge is 2.32. The van der Waals surface area contributed by atoms with Gasteiger partial charge in [0, 0.05) is 5.69 Å². The van der Waals surface area contributed by atoms with Crippen LogP contribution < -0.4 is 20.2 Å². The van der Waals surface area contributed by atoms with Crippen LogP contribution >= 0.6 is 11.3 Å². The van der Waals surface area contributed by atoms with Crippen LogP contribution in [0.5, 0.6) is 0 Å². The number of nitrogens with one attached hydrogen (secondary N) is 1. The van der Waals surface area contributed by atoms with Crippen molar-refractivity contribution in [3.8, 4) is 0 Å². The number of halogens is 3. The Balaban J connectivity index is 1.62. The number of benzene rings is 3. The van der Waals surface area contributed by atoms with Crippen LogP contribution in [0.2, 0.25) is 0 Å². The normalized spacial score (nSPS) is 15.8. The van der Waals surface area contributed by atoms with Crippen LogP contribution in [0.3, 0.4) is 0 Å². The van der Waals surface area contributed by atoms with Crippen LogP contribution in [0.15, 0.2) is 106 Å². The van der Waals surface area contributed by atoms with Gasteiger partial charge in [-0.15, -0.1) is 0 Å². The zero-order chi connectivity index (χ0) is 26.2. The van der Waals surface area contributed by atoms with Gasteiger partial charge in [0.25, 0.3) is 11.5 Å². The number of hydrogen-bond donors (Lipinski definition) is 1. The smallest absolute Gasteiger partial charge is 0.322 e. The number of fused-ring (bicyclic) bond motifs is 1. The largest absolute Gasteiger partial charge is 0.416 e. The molecule has 3 aromatic carbocycles. The molecule has 5 rings (SSSR count). The zero-order valence-electron chi connectivity index (χ0n) is 19.5. The zero-order valence-corrected chi connectivity index (χ0v) is 20.3. The molecule has 5 nitrogen and oxygen atoms in total. The second-order valence-corrected chi connectivity index (χ2v) is 9.44. The average molecular weight is 520 g/mol. The number of anilines is 1. The highest BCUT2D eigenvalue weighted by molar-refractivity contribution is 7.07. The molecule has 1 aliphatic rings. The molecule has 0 saturated carbocycles. The first-order chi connectivity index (χ1) is 17.7. The summed E-state index contributed by atoms with van der Waals surface area (Å²) in [5.74, 6) is -0.377. The number of para-hydroxylation sites is 1. The van der Waals surface area contributed by atoms with Crippen molar-refractivity contribution in [2.24, 2.45) is 4.99 Å². The van der Waals surface area contributed by atoms with Crippen molar-refractivity contribution < 1.29 is 18.0 Å². The van der Waals surface area contributed by atoms with E-state index in [9.17, 15) is 22.8 Å². The summed E-state index contributed by atoms with van der Waals surface area (Å²) in [7, 11) is 0. The Bertz CT molecular complexity index is 1670. The second kappa shape index (κ2) is 9.67. The predicted octanol–water partition coefficient (Wildman–Crippen LogP) is 4.89. The minimum Gasteiger partial charge on any atom is -0.322 e. The van der Waals surface area contributed by atoms with Gasteiger partial charge < -0.3 is 5.32 Å². The van der Waals surface area contributed by atoms with Crippen molar-refractivity contribution in [2.75, 3.05) is 5.32 Å². The number of thiazole rings is 1. The predicted molar refractivity (Wildman–Crippen MR) is 137 cm³/mol. The van der Waals surface area contributed by atoms with Crippen LogP contribution in [-0.4, -0.2) is 10.5 Å². The lowest BCUT2D eigenvalue weighted by atomic mass is 9.95. The van der Waals surface area contributed by atoms with E-state index in [-0.39, 0.29) is 11.5 Å². The maximum Gasteiger partial charge on any atom is 0.416 e. The highest BCUT2D eigenvalue weighted by atomic mass is 32.1. The van der Waals surface area contributed by atoms with Crippen LogP contribution in [-0.2, 0) is 11.0 Å². The molecule has 1 N–H and O–H groups in total. The van der Waals surface area contributed by atoms with Crippen LogP contribution in [0.1, 0.15) is 29.7 Å². The molecule has 0 radical (unpaired) electrons. The SMILES string of the molecule is CC1=C(C(=O)Nc2ccccc2)C(c2ccccc2)n2c(sc(=Cc3ccc(C(F)(F)F)cc3)c2=O)=N1. The lowest BCUT2D eigenvalue weighted by Gasteiger charge is -2.25. The van der Waals surface area contributed by atoms with Crippen molar-refractivity contribution in [2.45, 2.75) is 19.1 Å². The van der Waals surface area contributed by atoms with E-state index in [1.807, 2.05) is 48.5 Å². The molecule has 186 valence electrons. The third-order valence-corrected chi connectivity index (χ3v) is 6.93. The van der Waals surface area contributed by atoms with Crippen LogP contribution in [0, 0.1) is 0 Å². The molecule has 0 bridgehead atoms. The topological polar surface area (TPSA) is 63.5 Å². The maximum absolute atomic E-state index is 13.6. The summed E-state index contributed by atoms with van der Waals surface area (Å²) >= 11 is 1.13. The minimum absolute atomic E-state index is 0.303. The van der Waals surface area contributed by atoms with E-state index in [0.29, 0.717) is 31.9 Å². The van der Waals surface area contributed by atoms with Crippen molar-refractivity contribution in [1.82, 2.24) is 4.57 Å². The lowest BCUT2D eigenvalue weighted by molar-refractivity contribution is -0.137. The number of alkyl halides is 3. The third-order valence-electron chi connectivity index (χ3n) is 5.95. The van der Waals surface area contributed by atoms with Gasteiger partial charge in [-0.2, -0.15) is 13.2 Å². The molecule has 1 aromatic heterocycles. The van der Waals surface area contributed by atoms with Crippen molar-refractivity contribution in [3.63, 3.8) is 0 Å². The van der Waals surface area contributed by atoms with Crippen molar-refractivity contribution in [3.05, 3.63) is 133 Å². The van der Waals surface area contributed by atoms with E-state index in [2.05, 4.69) is 10.3 Å². The van der Waals surface area contributed by atoms with Crippen LogP contribution in [0.25, 0.3) is 6.08 Å². The fourth-order valence-electron chi connectivity index (χ4n) is 4.20. The minimum atomic E-state index is -4.44. The second-order valence-electron chi connectivity index (χ2n) is 8.43. The molecule has 1 amide bonds. The van der Waals surface area contributed by atoms with Gasteiger partial charge in [-0.1, -0.05) is 72.0 Å². The first-order valence-electron chi connectivity index (χ1n) is 11.3. The molecular formula is C28H20F3N3O2S. The Hall–Kier alpha value is -4.24. The maximum atomic E-state index is 13.6. The number of hydrogen-bond acceptors (Lipinski definition) is 4. The molecular weight excluding hydrogens is 499 g/mol. The van der Waals surface area contributed by atoms with Gasteiger partial charge in [-0.3, -0.25) is 14.2 Å². The first-order valence-corrected chi connectivity index (χ1v) is 12.2. The molecule has 1 unspecified atom stereocenters. The molecule has 0 aliphatic carbocycles. The third kappa shape index (κ3) is 4.90. The first kappa shape index (κ1) is 24.5. The van der Waals surface area contributed by atoms with Crippen LogP contribution in [0.4, 0.5) is 18.9 Å². The van der Waals surface area contributed by atoms with Gasteiger partial charge in [0.2, 0.25) is 0 Å². The van der Waals surface area contributed by atoms with E-state index in [1.165, 1.54) is 22.8 Å². The number of allylic oxidation sites excluding steroid dienone is 1. The quantitative estimate of drug-likeness (QED) is 0.417.